The fraction of sp³-hybridized carbons (Fsp3) is 0.545. The van der Waals surface area contributed by atoms with Crippen LogP contribution in [0.2, 0.25) is 0 Å². The summed E-state index contributed by atoms with van der Waals surface area (Å²) in [5.41, 5.74) is 6.04. The third-order valence-electron chi connectivity index (χ3n) is 3.66. The highest BCUT2D eigenvalue weighted by atomic mass is 16.3. The lowest BCUT2D eigenvalue weighted by molar-refractivity contribution is 0.197. The van der Waals surface area contributed by atoms with Crippen molar-refractivity contribution in [1.82, 2.24) is 19.5 Å². The van der Waals surface area contributed by atoms with Crippen LogP contribution in [0, 0.1) is 5.92 Å². The Kier molecular flexibility index (Phi) is 2.55. The summed E-state index contributed by atoms with van der Waals surface area (Å²) < 4.78 is 1.87. The van der Waals surface area contributed by atoms with Gasteiger partial charge in [-0.25, -0.2) is 4.98 Å². The van der Waals surface area contributed by atoms with Gasteiger partial charge in [0.1, 0.15) is 0 Å². The Hall–Kier alpha value is -1.89. The van der Waals surface area contributed by atoms with Gasteiger partial charge in [-0.2, -0.15) is 4.98 Å². The van der Waals surface area contributed by atoms with Crippen LogP contribution in [0.15, 0.2) is 11.1 Å². The first kappa shape index (κ1) is 11.2. The van der Waals surface area contributed by atoms with Crippen LogP contribution in [0.4, 0.5) is 5.95 Å². The molecular formula is C11H15N5O2. The van der Waals surface area contributed by atoms with Crippen molar-refractivity contribution in [3.8, 4) is 0 Å². The van der Waals surface area contributed by atoms with E-state index >= 15 is 0 Å². The Morgan fingerprint density at radius 2 is 2.39 bits per heavy atom. The molecule has 1 aliphatic rings. The Morgan fingerprint density at radius 1 is 1.56 bits per heavy atom. The molecule has 0 radical (unpaired) electrons. The van der Waals surface area contributed by atoms with Crippen LogP contribution in [-0.2, 0) is 0 Å². The second kappa shape index (κ2) is 4.09. The van der Waals surface area contributed by atoms with E-state index in [1.165, 1.54) is 0 Å². The molecule has 2 heterocycles. The van der Waals surface area contributed by atoms with Gasteiger partial charge in [0.25, 0.3) is 5.56 Å². The lowest BCUT2D eigenvalue weighted by atomic mass is 10.1. The van der Waals surface area contributed by atoms with E-state index in [1.807, 2.05) is 4.57 Å². The average Bonchev–Trinajstić information content (AvgIpc) is 2.93. The molecule has 0 aliphatic heterocycles. The summed E-state index contributed by atoms with van der Waals surface area (Å²) in [5.74, 6) is 0.289. The number of aromatic amines is 1. The molecule has 2 aromatic rings. The van der Waals surface area contributed by atoms with E-state index in [-0.39, 0.29) is 30.1 Å². The molecule has 1 aliphatic carbocycles. The largest absolute Gasteiger partial charge is 0.396 e. The highest BCUT2D eigenvalue weighted by molar-refractivity contribution is 5.70. The van der Waals surface area contributed by atoms with E-state index in [9.17, 15) is 9.90 Å². The van der Waals surface area contributed by atoms with Gasteiger partial charge >= 0.3 is 0 Å². The van der Waals surface area contributed by atoms with E-state index in [2.05, 4.69) is 15.0 Å². The van der Waals surface area contributed by atoms with Gasteiger partial charge in [0.2, 0.25) is 5.95 Å². The number of aromatic nitrogens is 4. The van der Waals surface area contributed by atoms with Crippen molar-refractivity contribution in [2.45, 2.75) is 25.3 Å². The summed E-state index contributed by atoms with van der Waals surface area (Å²) in [7, 11) is 0. The Labute approximate surface area is 103 Å². The van der Waals surface area contributed by atoms with Crippen molar-refractivity contribution < 1.29 is 5.11 Å². The monoisotopic (exact) mass is 249 g/mol. The van der Waals surface area contributed by atoms with Gasteiger partial charge in [0.05, 0.1) is 6.33 Å². The summed E-state index contributed by atoms with van der Waals surface area (Å²) in [6.07, 6.45) is 4.63. The first-order valence-corrected chi connectivity index (χ1v) is 6.04. The van der Waals surface area contributed by atoms with Crippen LogP contribution >= 0.6 is 0 Å². The highest BCUT2D eigenvalue weighted by Crippen LogP contribution is 2.36. The fourth-order valence-electron chi connectivity index (χ4n) is 2.78. The van der Waals surface area contributed by atoms with Crippen LogP contribution in [0.1, 0.15) is 25.3 Å². The molecule has 7 heteroatoms. The van der Waals surface area contributed by atoms with Crippen molar-refractivity contribution in [3.63, 3.8) is 0 Å². The molecule has 1 saturated carbocycles. The summed E-state index contributed by atoms with van der Waals surface area (Å²) >= 11 is 0. The summed E-state index contributed by atoms with van der Waals surface area (Å²) in [6, 6.07) is 0.147. The summed E-state index contributed by atoms with van der Waals surface area (Å²) in [6.45, 7) is 0.142. The lowest BCUT2D eigenvalue weighted by Gasteiger charge is -2.19. The number of nitrogens with zero attached hydrogens (tertiary/aromatic N) is 3. The normalized spacial score (nSPS) is 23.8. The highest BCUT2D eigenvalue weighted by Gasteiger charge is 2.29. The van der Waals surface area contributed by atoms with Gasteiger partial charge in [-0.3, -0.25) is 9.78 Å². The molecular weight excluding hydrogens is 234 g/mol. The summed E-state index contributed by atoms with van der Waals surface area (Å²) in [4.78, 5) is 22.3. The number of imidazole rings is 1. The molecule has 0 bridgehead atoms. The van der Waals surface area contributed by atoms with Gasteiger partial charge in [-0.05, 0) is 12.8 Å². The molecule has 0 amide bonds. The number of nitrogens with one attached hydrogen (secondary N) is 1. The van der Waals surface area contributed by atoms with E-state index in [4.69, 9.17) is 5.73 Å². The van der Waals surface area contributed by atoms with Gasteiger partial charge in [0, 0.05) is 18.6 Å². The molecule has 2 atom stereocenters. The smallest absolute Gasteiger partial charge is 0.280 e. The van der Waals surface area contributed by atoms with Crippen LogP contribution < -0.4 is 11.3 Å². The van der Waals surface area contributed by atoms with Crippen molar-refractivity contribution in [2.24, 2.45) is 5.92 Å². The van der Waals surface area contributed by atoms with Crippen LogP contribution in [0.25, 0.3) is 11.2 Å². The number of fused-ring (bicyclic) bond motifs is 1. The van der Waals surface area contributed by atoms with Gasteiger partial charge < -0.3 is 15.4 Å². The van der Waals surface area contributed by atoms with Crippen LogP contribution in [0.3, 0.4) is 0 Å². The second-order valence-corrected chi connectivity index (χ2v) is 4.72. The first-order valence-electron chi connectivity index (χ1n) is 6.04. The molecule has 4 N–H and O–H groups in total. The topological polar surface area (TPSA) is 110 Å². The van der Waals surface area contributed by atoms with Crippen LogP contribution in [0.5, 0.6) is 0 Å². The third kappa shape index (κ3) is 1.59. The van der Waals surface area contributed by atoms with Gasteiger partial charge in [-0.15, -0.1) is 0 Å². The van der Waals surface area contributed by atoms with Crippen molar-refractivity contribution in [1.29, 1.82) is 0 Å². The number of hydrogen-bond donors (Lipinski definition) is 3. The zero-order valence-electron chi connectivity index (χ0n) is 9.83. The maximum Gasteiger partial charge on any atom is 0.280 e. The molecule has 3 rings (SSSR count). The maximum absolute atomic E-state index is 11.7. The number of aliphatic hydroxyl groups is 1. The second-order valence-electron chi connectivity index (χ2n) is 4.72. The number of hydrogen-bond acceptors (Lipinski definition) is 5. The van der Waals surface area contributed by atoms with E-state index in [1.54, 1.807) is 6.33 Å². The van der Waals surface area contributed by atoms with E-state index < -0.39 is 0 Å². The molecule has 0 saturated heterocycles. The fourth-order valence-corrected chi connectivity index (χ4v) is 2.78. The number of nitrogen functional groups attached to an aromatic ring is 1. The molecule has 2 aromatic heterocycles. The molecule has 18 heavy (non-hydrogen) atoms. The zero-order valence-corrected chi connectivity index (χ0v) is 9.83. The van der Waals surface area contributed by atoms with Crippen LogP contribution in [-0.4, -0.2) is 31.2 Å². The summed E-state index contributed by atoms with van der Waals surface area (Å²) in [5, 5.41) is 9.37. The van der Waals surface area contributed by atoms with Gasteiger partial charge in [-0.1, -0.05) is 6.42 Å². The maximum atomic E-state index is 11.7. The lowest BCUT2D eigenvalue weighted by Crippen LogP contribution is -2.18. The number of H-pyrrole nitrogens is 1. The number of rotatable bonds is 2. The minimum absolute atomic E-state index is 0.0906. The molecule has 1 fully saturated rings. The van der Waals surface area contributed by atoms with Gasteiger partial charge in [0.15, 0.2) is 11.2 Å². The van der Waals surface area contributed by atoms with Crippen molar-refractivity contribution >= 4 is 17.1 Å². The number of aliphatic hydroxyl groups excluding tert-OH is 1. The molecule has 0 unspecified atom stereocenters. The van der Waals surface area contributed by atoms with E-state index in [0.717, 1.165) is 19.3 Å². The van der Waals surface area contributed by atoms with E-state index in [0.29, 0.717) is 11.2 Å². The minimum Gasteiger partial charge on any atom is -0.396 e. The number of anilines is 1. The predicted octanol–water partition coefficient (Wildman–Crippen LogP) is 0.0353. The molecule has 0 aromatic carbocycles. The SMILES string of the molecule is Nc1nc2c(ncn2[C@H]2CCC[C@H]2CO)c(=O)[nH]1. The standard InChI is InChI=1S/C11H15N5O2/c12-11-14-9-8(10(18)15-11)13-5-16(9)7-3-1-2-6(7)4-17/h5-7,17H,1-4H2,(H3,12,14,15,18)/t6-,7-/m0/s1. The van der Waals surface area contributed by atoms with Crippen molar-refractivity contribution in [2.75, 3.05) is 12.3 Å². The minimum atomic E-state index is -0.324. The Bertz CT molecular complexity index is 632. The predicted molar refractivity (Wildman–Crippen MR) is 66.0 cm³/mol. The Morgan fingerprint density at radius 3 is 3.17 bits per heavy atom. The quantitative estimate of drug-likeness (QED) is 0.695. The molecule has 7 nitrogen and oxygen atoms in total. The third-order valence-corrected chi connectivity index (χ3v) is 3.66. The average molecular weight is 249 g/mol. The Balaban J connectivity index is 2.15. The molecule has 96 valence electrons. The first-order chi connectivity index (χ1) is 8.70. The zero-order chi connectivity index (χ0) is 12.7. The molecule has 0 spiro atoms. The number of nitrogens with two attached hydrogens (primary N) is 1. The van der Waals surface area contributed by atoms with Crippen molar-refractivity contribution in [3.05, 3.63) is 16.7 Å².